The number of aryl methyl sites for hydroxylation is 1. The summed E-state index contributed by atoms with van der Waals surface area (Å²) < 4.78 is 6.56. The SMILES string of the molecule is Cc1cc(N2CCOC2=O)cc(-n2cc(C=O)cn2)c1. The van der Waals surface area contributed by atoms with Crippen LogP contribution >= 0.6 is 0 Å². The zero-order valence-electron chi connectivity index (χ0n) is 10.9. The fourth-order valence-corrected chi connectivity index (χ4v) is 2.20. The molecule has 2 heterocycles. The molecular weight excluding hydrogens is 258 g/mol. The Labute approximate surface area is 115 Å². The molecule has 1 fully saturated rings. The second kappa shape index (κ2) is 4.80. The van der Waals surface area contributed by atoms with Gasteiger partial charge in [-0.05, 0) is 30.7 Å². The molecule has 2 aromatic rings. The van der Waals surface area contributed by atoms with Crippen molar-refractivity contribution in [3.05, 3.63) is 41.7 Å². The van der Waals surface area contributed by atoms with Gasteiger partial charge in [0.2, 0.25) is 0 Å². The minimum atomic E-state index is -0.337. The van der Waals surface area contributed by atoms with Crippen molar-refractivity contribution in [1.82, 2.24) is 9.78 Å². The predicted octanol–water partition coefficient (Wildman–Crippen LogP) is 1.95. The second-order valence-electron chi connectivity index (χ2n) is 4.63. The van der Waals surface area contributed by atoms with Gasteiger partial charge < -0.3 is 4.74 Å². The van der Waals surface area contributed by atoms with Crippen LogP contribution in [-0.4, -0.2) is 35.3 Å². The van der Waals surface area contributed by atoms with E-state index in [-0.39, 0.29) is 6.09 Å². The summed E-state index contributed by atoms with van der Waals surface area (Å²) in [5.41, 5.74) is 3.08. The Balaban J connectivity index is 2.01. The van der Waals surface area contributed by atoms with Crippen molar-refractivity contribution in [2.24, 2.45) is 0 Å². The van der Waals surface area contributed by atoms with Crippen LogP contribution in [-0.2, 0) is 4.74 Å². The van der Waals surface area contributed by atoms with Gasteiger partial charge in [-0.3, -0.25) is 9.69 Å². The third-order valence-corrected chi connectivity index (χ3v) is 3.12. The molecule has 1 amide bonds. The highest BCUT2D eigenvalue weighted by molar-refractivity contribution is 5.89. The van der Waals surface area contributed by atoms with E-state index < -0.39 is 0 Å². The number of cyclic esters (lactones) is 1. The summed E-state index contributed by atoms with van der Waals surface area (Å²) >= 11 is 0. The number of carbonyl (C=O) groups is 2. The molecule has 0 aliphatic carbocycles. The molecule has 1 aromatic heterocycles. The van der Waals surface area contributed by atoms with Gasteiger partial charge in [-0.15, -0.1) is 0 Å². The minimum absolute atomic E-state index is 0.337. The number of hydrogen-bond donors (Lipinski definition) is 0. The maximum absolute atomic E-state index is 11.6. The van der Waals surface area contributed by atoms with Gasteiger partial charge in [0.1, 0.15) is 6.61 Å². The van der Waals surface area contributed by atoms with Gasteiger partial charge in [0.15, 0.2) is 6.29 Å². The van der Waals surface area contributed by atoms with Gasteiger partial charge in [0.05, 0.1) is 24.0 Å². The zero-order valence-corrected chi connectivity index (χ0v) is 10.9. The number of anilines is 1. The van der Waals surface area contributed by atoms with Gasteiger partial charge in [-0.1, -0.05) is 0 Å². The number of hydrogen-bond acceptors (Lipinski definition) is 4. The van der Waals surface area contributed by atoms with Crippen molar-refractivity contribution in [3.63, 3.8) is 0 Å². The molecular formula is C14H13N3O3. The smallest absolute Gasteiger partial charge is 0.414 e. The maximum Gasteiger partial charge on any atom is 0.414 e. The molecule has 20 heavy (non-hydrogen) atoms. The van der Waals surface area contributed by atoms with E-state index >= 15 is 0 Å². The van der Waals surface area contributed by atoms with Crippen LogP contribution in [0.1, 0.15) is 15.9 Å². The summed E-state index contributed by atoms with van der Waals surface area (Å²) in [4.78, 5) is 23.9. The molecule has 0 saturated carbocycles. The topological polar surface area (TPSA) is 64.4 Å². The standard InChI is InChI=1S/C14H13N3O3/c1-10-4-12(16-2-3-20-14(16)19)6-13(5-10)17-8-11(9-18)7-15-17/h4-9H,2-3H2,1H3. The van der Waals surface area contributed by atoms with E-state index in [1.807, 2.05) is 25.1 Å². The van der Waals surface area contributed by atoms with Crippen LogP contribution < -0.4 is 4.90 Å². The highest BCUT2D eigenvalue weighted by Crippen LogP contribution is 2.24. The molecule has 3 rings (SSSR count). The number of aldehydes is 1. The lowest BCUT2D eigenvalue weighted by molar-refractivity contribution is 0.112. The minimum Gasteiger partial charge on any atom is -0.447 e. The van der Waals surface area contributed by atoms with E-state index in [1.165, 1.54) is 6.20 Å². The molecule has 0 atom stereocenters. The summed E-state index contributed by atoms with van der Waals surface area (Å²) in [6.07, 6.45) is 3.56. The van der Waals surface area contributed by atoms with Crippen molar-refractivity contribution in [1.29, 1.82) is 0 Å². The van der Waals surface area contributed by atoms with Crippen LogP contribution in [0, 0.1) is 6.92 Å². The molecule has 1 aliphatic rings. The van der Waals surface area contributed by atoms with E-state index in [4.69, 9.17) is 4.74 Å². The van der Waals surface area contributed by atoms with Crippen molar-refractivity contribution in [3.8, 4) is 5.69 Å². The highest BCUT2D eigenvalue weighted by Gasteiger charge is 2.24. The second-order valence-corrected chi connectivity index (χ2v) is 4.63. The number of amides is 1. The number of benzene rings is 1. The molecule has 102 valence electrons. The molecule has 0 N–H and O–H groups in total. The molecule has 0 unspecified atom stereocenters. The molecule has 0 spiro atoms. The lowest BCUT2D eigenvalue weighted by atomic mass is 10.2. The van der Waals surface area contributed by atoms with Crippen LogP contribution in [0.2, 0.25) is 0 Å². The summed E-state index contributed by atoms with van der Waals surface area (Å²) in [6, 6.07) is 5.70. The number of ether oxygens (including phenoxy) is 1. The summed E-state index contributed by atoms with van der Waals surface area (Å²) in [6.45, 7) is 2.89. The van der Waals surface area contributed by atoms with Gasteiger partial charge in [-0.25, -0.2) is 9.48 Å². The molecule has 1 aliphatic heterocycles. The Morgan fingerprint density at radius 3 is 2.75 bits per heavy atom. The number of rotatable bonds is 3. The molecule has 0 bridgehead atoms. The van der Waals surface area contributed by atoms with Crippen LogP contribution in [0.5, 0.6) is 0 Å². The van der Waals surface area contributed by atoms with E-state index in [2.05, 4.69) is 5.10 Å². The summed E-state index contributed by atoms with van der Waals surface area (Å²) in [5.74, 6) is 0. The molecule has 0 radical (unpaired) electrons. The van der Waals surface area contributed by atoms with E-state index in [9.17, 15) is 9.59 Å². The average molecular weight is 271 g/mol. The van der Waals surface area contributed by atoms with Crippen LogP contribution in [0.15, 0.2) is 30.6 Å². The largest absolute Gasteiger partial charge is 0.447 e. The average Bonchev–Trinajstić information content (AvgIpc) is 3.06. The zero-order chi connectivity index (χ0) is 14.1. The Morgan fingerprint density at radius 2 is 2.10 bits per heavy atom. The first-order valence-electron chi connectivity index (χ1n) is 6.23. The van der Waals surface area contributed by atoms with E-state index in [0.29, 0.717) is 18.7 Å². The fourth-order valence-electron chi connectivity index (χ4n) is 2.20. The van der Waals surface area contributed by atoms with Crippen LogP contribution in [0.3, 0.4) is 0 Å². The van der Waals surface area contributed by atoms with Crippen LogP contribution in [0.4, 0.5) is 10.5 Å². The molecule has 1 saturated heterocycles. The Morgan fingerprint density at radius 1 is 1.30 bits per heavy atom. The normalized spacial score (nSPS) is 14.4. The van der Waals surface area contributed by atoms with E-state index in [0.717, 1.165) is 23.2 Å². The van der Waals surface area contributed by atoms with Gasteiger partial charge >= 0.3 is 6.09 Å². The molecule has 1 aromatic carbocycles. The quantitative estimate of drug-likeness (QED) is 0.800. The van der Waals surface area contributed by atoms with Crippen molar-refractivity contribution in [2.45, 2.75) is 6.92 Å². The van der Waals surface area contributed by atoms with E-state index in [1.54, 1.807) is 15.8 Å². The van der Waals surface area contributed by atoms with Gasteiger partial charge in [-0.2, -0.15) is 5.10 Å². The van der Waals surface area contributed by atoms with Gasteiger partial charge in [0.25, 0.3) is 0 Å². The third-order valence-electron chi connectivity index (χ3n) is 3.12. The fraction of sp³-hybridized carbons (Fsp3) is 0.214. The monoisotopic (exact) mass is 271 g/mol. The number of aromatic nitrogens is 2. The lowest BCUT2D eigenvalue weighted by Gasteiger charge is -2.15. The lowest BCUT2D eigenvalue weighted by Crippen LogP contribution is -2.23. The summed E-state index contributed by atoms with van der Waals surface area (Å²) in [5, 5.41) is 4.14. The van der Waals surface area contributed by atoms with Gasteiger partial charge in [0, 0.05) is 11.9 Å². The first-order chi connectivity index (χ1) is 9.67. The predicted molar refractivity (Wildman–Crippen MR) is 72.4 cm³/mol. The number of nitrogens with zero attached hydrogens (tertiary/aromatic N) is 3. The Kier molecular flexibility index (Phi) is 2.98. The Bertz CT molecular complexity index is 678. The molecule has 6 heteroatoms. The number of carbonyl (C=O) groups excluding carboxylic acids is 2. The van der Waals surface area contributed by atoms with Crippen molar-refractivity contribution >= 4 is 18.1 Å². The summed E-state index contributed by atoms with van der Waals surface area (Å²) in [7, 11) is 0. The first-order valence-corrected chi connectivity index (χ1v) is 6.23. The third kappa shape index (κ3) is 2.16. The van der Waals surface area contributed by atoms with Crippen LogP contribution in [0.25, 0.3) is 5.69 Å². The maximum atomic E-state index is 11.6. The molecule has 6 nitrogen and oxygen atoms in total. The van der Waals surface area contributed by atoms with Crippen molar-refractivity contribution < 1.29 is 14.3 Å². The van der Waals surface area contributed by atoms with Crippen molar-refractivity contribution in [2.75, 3.05) is 18.1 Å². The Hall–Kier alpha value is -2.63. The first kappa shape index (κ1) is 12.4. The highest BCUT2D eigenvalue weighted by atomic mass is 16.6.